The van der Waals surface area contributed by atoms with E-state index in [2.05, 4.69) is 49.8 Å². The number of hydrogen-bond donors (Lipinski definition) is 1. The molecule has 2 heterocycles. The Labute approximate surface area is 123 Å². The fraction of sp³-hybridized carbons (Fsp3) is 0.786. The average molecular weight is 327 g/mol. The first-order chi connectivity index (χ1) is 9.20. The SMILES string of the molecule is CCn1nc(C)c(Br)c1CN1CCNCC1C1CC1. The second-order valence-electron chi connectivity index (χ2n) is 5.74. The summed E-state index contributed by atoms with van der Waals surface area (Å²) in [6.45, 7) is 9.64. The third-order valence-corrected chi connectivity index (χ3v) is 5.40. The highest BCUT2D eigenvalue weighted by Crippen LogP contribution is 2.36. The van der Waals surface area contributed by atoms with Crippen LogP contribution in [0.25, 0.3) is 0 Å². The predicted octanol–water partition coefficient (Wildman–Crippen LogP) is 2.16. The lowest BCUT2D eigenvalue weighted by Gasteiger charge is -2.36. The monoisotopic (exact) mass is 326 g/mol. The Morgan fingerprint density at radius 2 is 2.21 bits per heavy atom. The molecule has 0 amide bonds. The molecule has 0 aromatic carbocycles. The Morgan fingerprint density at radius 1 is 1.42 bits per heavy atom. The van der Waals surface area contributed by atoms with E-state index in [1.54, 1.807) is 0 Å². The van der Waals surface area contributed by atoms with Crippen molar-refractivity contribution in [3.05, 3.63) is 15.9 Å². The molecular weight excluding hydrogens is 304 g/mol. The van der Waals surface area contributed by atoms with Crippen LogP contribution in [0.4, 0.5) is 0 Å². The zero-order chi connectivity index (χ0) is 13.4. The first kappa shape index (κ1) is 13.6. The fourth-order valence-electron chi connectivity index (χ4n) is 3.12. The number of aryl methyl sites for hydroxylation is 2. The van der Waals surface area contributed by atoms with Crippen molar-refractivity contribution in [2.45, 2.75) is 45.8 Å². The van der Waals surface area contributed by atoms with Crippen LogP contribution in [0.5, 0.6) is 0 Å². The van der Waals surface area contributed by atoms with E-state index in [0.29, 0.717) is 0 Å². The van der Waals surface area contributed by atoms with E-state index < -0.39 is 0 Å². The molecule has 0 bridgehead atoms. The van der Waals surface area contributed by atoms with Gasteiger partial charge in [0.2, 0.25) is 0 Å². The maximum absolute atomic E-state index is 4.61. The summed E-state index contributed by atoms with van der Waals surface area (Å²) >= 11 is 3.72. The molecule has 0 spiro atoms. The van der Waals surface area contributed by atoms with Crippen molar-refractivity contribution in [3.8, 4) is 0 Å². The first-order valence-corrected chi connectivity index (χ1v) is 8.16. The lowest BCUT2D eigenvalue weighted by Crippen LogP contribution is -2.52. The van der Waals surface area contributed by atoms with Gasteiger partial charge in [0.15, 0.2) is 0 Å². The van der Waals surface area contributed by atoms with Gasteiger partial charge in [-0.1, -0.05) is 0 Å². The van der Waals surface area contributed by atoms with Gasteiger partial charge in [-0.25, -0.2) is 0 Å². The molecule has 1 atom stereocenters. The molecule has 2 aliphatic rings. The molecule has 1 aliphatic heterocycles. The number of nitrogens with zero attached hydrogens (tertiary/aromatic N) is 3. The van der Waals surface area contributed by atoms with Crippen LogP contribution in [0.2, 0.25) is 0 Å². The molecule has 3 rings (SSSR count). The Bertz CT molecular complexity index is 453. The van der Waals surface area contributed by atoms with E-state index >= 15 is 0 Å². The molecule has 1 aliphatic carbocycles. The second-order valence-corrected chi connectivity index (χ2v) is 6.53. The molecule has 1 N–H and O–H groups in total. The molecular formula is C14H23BrN4. The third-order valence-electron chi connectivity index (χ3n) is 4.37. The summed E-state index contributed by atoms with van der Waals surface area (Å²) in [4.78, 5) is 2.65. The van der Waals surface area contributed by atoms with Gasteiger partial charge in [0.05, 0.1) is 15.9 Å². The minimum Gasteiger partial charge on any atom is -0.314 e. The maximum atomic E-state index is 4.61. The van der Waals surface area contributed by atoms with Gasteiger partial charge in [-0.2, -0.15) is 5.10 Å². The van der Waals surface area contributed by atoms with Crippen LogP contribution in [-0.4, -0.2) is 40.4 Å². The maximum Gasteiger partial charge on any atom is 0.0739 e. The minimum atomic E-state index is 0.723. The molecule has 1 saturated heterocycles. The molecule has 1 unspecified atom stereocenters. The summed E-state index contributed by atoms with van der Waals surface area (Å²) in [6, 6.07) is 0.723. The minimum absolute atomic E-state index is 0.723. The Hall–Kier alpha value is -0.390. The van der Waals surface area contributed by atoms with Gasteiger partial charge in [-0.3, -0.25) is 9.58 Å². The van der Waals surface area contributed by atoms with Crippen LogP contribution in [0.15, 0.2) is 4.47 Å². The summed E-state index contributed by atoms with van der Waals surface area (Å²) in [5.41, 5.74) is 2.45. The first-order valence-electron chi connectivity index (χ1n) is 7.37. The van der Waals surface area contributed by atoms with Crippen LogP contribution in [-0.2, 0) is 13.1 Å². The van der Waals surface area contributed by atoms with Crippen LogP contribution in [0.1, 0.15) is 31.2 Å². The second kappa shape index (κ2) is 5.54. The Balaban J connectivity index is 1.79. The van der Waals surface area contributed by atoms with Gasteiger partial charge in [0.25, 0.3) is 0 Å². The van der Waals surface area contributed by atoms with Gasteiger partial charge < -0.3 is 5.32 Å². The number of piperazine rings is 1. The zero-order valence-electron chi connectivity index (χ0n) is 11.8. The number of rotatable bonds is 4. The summed E-state index contributed by atoms with van der Waals surface area (Å²) < 4.78 is 3.34. The number of nitrogens with one attached hydrogen (secondary N) is 1. The van der Waals surface area contributed by atoms with E-state index in [4.69, 9.17) is 0 Å². The lowest BCUT2D eigenvalue weighted by molar-refractivity contribution is 0.131. The van der Waals surface area contributed by atoms with Crippen molar-refractivity contribution in [1.82, 2.24) is 20.0 Å². The average Bonchev–Trinajstić information content (AvgIpc) is 3.22. The zero-order valence-corrected chi connectivity index (χ0v) is 13.4. The highest BCUT2D eigenvalue weighted by molar-refractivity contribution is 9.10. The molecule has 4 nitrogen and oxygen atoms in total. The number of aromatic nitrogens is 2. The molecule has 1 saturated carbocycles. The molecule has 1 aromatic rings. The highest BCUT2D eigenvalue weighted by atomic mass is 79.9. The van der Waals surface area contributed by atoms with Crippen LogP contribution in [0.3, 0.4) is 0 Å². The van der Waals surface area contributed by atoms with E-state index in [1.807, 2.05) is 0 Å². The van der Waals surface area contributed by atoms with E-state index in [0.717, 1.165) is 50.4 Å². The van der Waals surface area contributed by atoms with Crippen molar-refractivity contribution in [2.75, 3.05) is 19.6 Å². The summed E-state index contributed by atoms with van der Waals surface area (Å²) in [5, 5.41) is 8.15. The molecule has 19 heavy (non-hydrogen) atoms. The molecule has 106 valence electrons. The Morgan fingerprint density at radius 3 is 2.89 bits per heavy atom. The molecule has 1 aromatic heterocycles. The fourth-order valence-corrected chi connectivity index (χ4v) is 3.53. The van der Waals surface area contributed by atoms with Gasteiger partial charge in [-0.15, -0.1) is 0 Å². The topological polar surface area (TPSA) is 33.1 Å². The summed E-state index contributed by atoms with van der Waals surface area (Å²) in [7, 11) is 0. The molecule has 0 radical (unpaired) electrons. The largest absolute Gasteiger partial charge is 0.314 e. The van der Waals surface area contributed by atoms with E-state index in [-0.39, 0.29) is 0 Å². The van der Waals surface area contributed by atoms with Crippen molar-refractivity contribution < 1.29 is 0 Å². The summed E-state index contributed by atoms with van der Waals surface area (Å²) in [6.07, 6.45) is 2.83. The predicted molar refractivity (Wildman–Crippen MR) is 80.1 cm³/mol. The van der Waals surface area contributed by atoms with Gasteiger partial charge in [0, 0.05) is 38.8 Å². The van der Waals surface area contributed by atoms with Crippen molar-refractivity contribution in [3.63, 3.8) is 0 Å². The van der Waals surface area contributed by atoms with E-state index in [1.165, 1.54) is 23.0 Å². The van der Waals surface area contributed by atoms with Gasteiger partial charge in [-0.05, 0) is 48.5 Å². The van der Waals surface area contributed by atoms with Crippen molar-refractivity contribution in [1.29, 1.82) is 0 Å². The third kappa shape index (κ3) is 2.73. The van der Waals surface area contributed by atoms with Crippen LogP contribution < -0.4 is 5.32 Å². The highest BCUT2D eigenvalue weighted by Gasteiger charge is 2.37. The molecule has 5 heteroatoms. The summed E-state index contributed by atoms with van der Waals surface area (Å²) in [5.74, 6) is 0.922. The van der Waals surface area contributed by atoms with E-state index in [9.17, 15) is 0 Å². The number of halogens is 1. The van der Waals surface area contributed by atoms with Crippen LogP contribution >= 0.6 is 15.9 Å². The molecule has 2 fully saturated rings. The Kier molecular flexibility index (Phi) is 3.96. The number of hydrogen-bond acceptors (Lipinski definition) is 3. The normalized spacial score (nSPS) is 24.9. The van der Waals surface area contributed by atoms with Gasteiger partial charge in [0.1, 0.15) is 0 Å². The smallest absolute Gasteiger partial charge is 0.0739 e. The van der Waals surface area contributed by atoms with Crippen LogP contribution in [0, 0.1) is 12.8 Å². The van der Waals surface area contributed by atoms with Gasteiger partial charge >= 0.3 is 0 Å². The lowest BCUT2D eigenvalue weighted by atomic mass is 10.1. The quantitative estimate of drug-likeness (QED) is 0.920. The van der Waals surface area contributed by atoms with Crippen molar-refractivity contribution in [2.24, 2.45) is 5.92 Å². The van der Waals surface area contributed by atoms with Crippen molar-refractivity contribution >= 4 is 15.9 Å². The standard InChI is InChI=1S/C14H23BrN4/c1-3-19-13(14(15)10(2)17-19)9-18-7-6-16-8-12(18)11-4-5-11/h11-12,16H,3-9H2,1-2H3.